The number of hydrogen-bond acceptors (Lipinski definition) is 4. The molecule has 5 nitrogen and oxygen atoms in total. The second kappa shape index (κ2) is 4.67. The second-order valence-corrected chi connectivity index (χ2v) is 4.24. The van der Waals surface area contributed by atoms with Crippen molar-refractivity contribution in [1.82, 2.24) is 15.3 Å². The van der Waals surface area contributed by atoms with Crippen LogP contribution >= 0.6 is 15.9 Å². The topological polar surface area (TPSA) is 66.9 Å². The van der Waals surface area contributed by atoms with Crippen LogP contribution in [0.2, 0.25) is 0 Å². The van der Waals surface area contributed by atoms with Gasteiger partial charge in [-0.2, -0.15) is 0 Å². The van der Waals surface area contributed by atoms with E-state index in [-0.39, 0.29) is 5.91 Å². The summed E-state index contributed by atoms with van der Waals surface area (Å²) in [5.74, 6) is 0.388. The van der Waals surface area contributed by atoms with Gasteiger partial charge in [-0.15, -0.1) is 0 Å². The van der Waals surface area contributed by atoms with E-state index in [1.807, 2.05) is 0 Å². The molecule has 15 heavy (non-hydrogen) atoms. The first-order valence-electron chi connectivity index (χ1n) is 4.75. The standard InChI is InChI=1S/C9H11BrN4O/c10-7-3-13-8(4-12-7)14-9(15)5-11-6-1-2-6/h3-4,6,11H,1-2,5H2,(H,13,14,15). The fourth-order valence-electron chi connectivity index (χ4n) is 1.09. The lowest BCUT2D eigenvalue weighted by Gasteiger charge is -2.04. The highest BCUT2D eigenvalue weighted by Gasteiger charge is 2.21. The number of amides is 1. The molecule has 6 heteroatoms. The summed E-state index contributed by atoms with van der Waals surface area (Å²) in [7, 11) is 0. The van der Waals surface area contributed by atoms with Crippen LogP contribution in [0.15, 0.2) is 17.0 Å². The van der Waals surface area contributed by atoms with E-state index in [2.05, 4.69) is 36.5 Å². The number of aromatic nitrogens is 2. The SMILES string of the molecule is O=C(CNC1CC1)Nc1cnc(Br)cn1. The number of rotatable bonds is 4. The third-order valence-electron chi connectivity index (χ3n) is 2.02. The van der Waals surface area contributed by atoms with Crippen LogP contribution in [0.1, 0.15) is 12.8 Å². The molecule has 80 valence electrons. The monoisotopic (exact) mass is 270 g/mol. The van der Waals surface area contributed by atoms with E-state index < -0.39 is 0 Å². The number of hydrogen-bond donors (Lipinski definition) is 2. The molecule has 0 aromatic carbocycles. The minimum absolute atomic E-state index is 0.0847. The molecule has 2 rings (SSSR count). The maximum atomic E-state index is 11.4. The quantitative estimate of drug-likeness (QED) is 0.855. The molecule has 1 aromatic rings. The van der Waals surface area contributed by atoms with E-state index in [9.17, 15) is 4.79 Å². The Morgan fingerprint density at radius 3 is 2.87 bits per heavy atom. The van der Waals surface area contributed by atoms with Gasteiger partial charge < -0.3 is 10.6 Å². The number of nitrogens with zero attached hydrogens (tertiary/aromatic N) is 2. The second-order valence-electron chi connectivity index (χ2n) is 3.43. The fourth-order valence-corrected chi connectivity index (χ4v) is 1.29. The molecular weight excluding hydrogens is 260 g/mol. The molecular formula is C9H11BrN4O. The smallest absolute Gasteiger partial charge is 0.239 e. The van der Waals surface area contributed by atoms with Gasteiger partial charge in [-0.1, -0.05) is 0 Å². The third-order valence-corrected chi connectivity index (χ3v) is 2.43. The first-order valence-corrected chi connectivity index (χ1v) is 5.54. The Kier molecular flexibility index (Phi) is 3.27. The maximum Gasteiger partial charge on any atom is 0.239 e. The van der Waals surface area contributed by atoms with Gasteiger partial charge in [-0.05, 0) is 28.8 Å². The highest BCUT2D eigenvalue weighted by molar-refractivity contribution is 9.10. The number of carbonyl (C=O) groups is 1. The van der Waals surface area contributed by atoms with E-state index in [0.717, 1.165) is 0 Å². The minimum Gasteiger partial charge on any atom is -0.308 e. The lowest BCUT2D eigenvalue weighted by Crippen LogP contribution is -2.29. The molecule has 1 saturated carbocycles. The Morgan fingerprint density at radius 1 is 1.47 bits per heavy atom. The van der Waals surface area contributed by atoms with Gasteiger partial charge in [0.2, 0.25) is 5.91 Å². The number of nitrogens with one attached hydrogen (secondary N) is 2. The van der Waals surface area contributed by atoms with Gasteiger partial charge in [-0.3, -0.25) is 4.79 Å². The Morgan fingerprint density at radius 2 is 2.27 bits per heavy atom. The molecule has 1 heterocycles. The average molecular weight is 271 g/mol. The van der Waals surface area contributed by atoms with Crippen molar-refractivity contribution in [3.05, 3.63) is 17.0 Å². The van der Waals surface area contributed by atoms with E-state index in [0.29, 0.717) is 23.0 Å². The van der Waals surface area contributed by atoms with Crippen LogP contribution in [0.5, 0.6) is 0 Å². The molecule has 2 N–H and O–H groups in total. The zero-order valence-electron chi connectivity index (χ0n) is 8.03. The Hall–Kier alpha value is -1.01. The Bertz CT molecular complexity index is 350. The molecule has 1 fully saturated rings. The summed E-state index contributed by atoms with van der Waals surface area (Å²) in [4.78, 5) is 19.3. The van der Waals surface area contributed by atoms with Gasteiger partial charge in [0.25, 0.3) is 0 Å². The zero-order valence-corrected chi connectivity index (χ0v) is 9.62. The highest BCUT2D eigenvalue weighted by Crippen LogP contribution is 2.18. The number of halogens is 1. The molecule has 0 spiro atoms. The number of anilines is 1. The fraction of sp³-hybridized carbons (Fsp3) is 0.444. The molecule has 1 aromatic heterocycles. The van der Waals surface area contributed by atoms with Crippen molar-refractivity contribution in [3.8, 4) is 0 Å². The van der Waals surface area contributed by atoms with Crippen molar-refractivity contribution in [2.24, 2.45) is 0 Å². The summed E-state index contributed by atoms with van der Waals surface area (Å²) >= 11 is 3.17. The van der Waals surface area contributed by atoms with E-state index >= 15 is 0 Å². The lowest BCUT2D eigenvalue weighted by molar-refractivity contribution is -0.115. The summed E-state index contributed by atoms with van der Waals surface area (Å²) in [6, 6.07) is 0.534. The summed E-state index contributed by atoms with van der Waals surface area (Å²) in [6.45, 7) is 0.336. The van der Waals surface area contributed by atoms with Crippen LogP contribution in [0.3, 0.4) is 0 Å². The van der Waals surface area contributed by atoms with E-state index in [4.69, 9.17) is 0 Å². The summed E-state index contributed by atoms with van der Waals surface area (Å²) in [5, 5.41) is 5.77. The van der Waals surface area contributed by atoms with Crippen molar-refractivity contribution in [1.29, 1.82) is 0 Å². The summed E-state index contributed by atoms with van der Waals surface area (Å²) in [6.07, 6.45) is 5.40. The molecule has 0 atom stereocenters. The van der Waals surface area contributed by atoms with Crippen molar-refractivity contribution in [3.63, 3.8) is 0 Å². The van der Waals surface area contributed by atoms with Crippen LogP contribution in [-0.4, -0.2) is 28.5 Å². The lowest BCUT2D eigenvalue weighted by atomic mass is 10.5. The molecule has 1 aliphatic rings. The first kappa shape index (κ1) is 10.5. The van der Waals surface area contributed by atoms with Crippen LogP contribution in [0.25, 0.3) is 0 Å². The predicted molar refractivity (Wildman–Crippen MR) is 59.4 cm³/mol. The van der Waals surface area contributed by atoms with Gasteiger partial charge in [0.15, 0.2) is 5.82 Å². The van der Waals surface area contributed by atoms with E-state index in [1.165, 1.54) is 19.0 Å². The van der Waals surface area contributed by atoms with Gasteiger partial charge in [0, 0.05) is 6.04 Å². The first-order chi connectivity index (χ1) is 7.24. The normalized spacial score (nSPS) is 15.0. The van der Waals surface area contributed by atoms with Gasteiger partial charge >= 0.3 is 0 Å². The van der Waals surface area contributed by atoms with Gasteiger partial charge in [0.1, 0.15) is 4.60 Å². The largest absolute Gasteiger partial charge is 0.308 e. The molecule has 0 aliphatic heterocycles. The van der Waals surface area contributed by atoms with Crippen molar-refractivity contribution in [2.75, 3.05) is 11.9 Å². The van der Waals surface area contributed by atoms with Crippen molar-refractivity contribution < 1.29 is 4.79 Å². The van der Waals surface area contributed by atoms with Crippen LogP contribution in [0.4, 0.5) is 5.82 Å². The average Bonchev–Trinajstić information content (AvgIpc) is 3.02. The highest BCUT2D eigenvalue weighted by atomic mass is 79.9. The molecule has 1 amide bonds. The third kappa shape index (κ3) is 3.56. The van der Waals surface area contributed by atoms with Gasteiger partial charge in [0.05, 0.1) is 18.9 Å². The molecule has 0 radical (unpaired) electrons. The van der Waals surface area contributed by atoms with Crippen LogP contribution in [0, 0.1) is 0 Å². The van der Waals surface area contributed by atoms with Crippen molar-refractivity contribution >= 4 is 27.7 Å². The summed E-state index contributed by atoms with van der Waals surface area (Å²) < 4.78 is 0.650. The van der Waals surface area contributed by atoms with E-state index in [1.54, 1.807) is 6.20 Å². The zero-order chi connectivity index (χ0) is 10.7. The predicted octanol–water partition coefficient (Wildman–Crippen LogP) is 0.930. The Labute approximate surface area is 95.8 Å². The van der Waals surface area contributed by atoms with Crippen molar-refractivity contribution in [2.45, 2.75) is 18.9 Å². The summed E-state index contributed by atoms with van der Waals surface area (Å²) in [5.41, 5.74) is 0. The molecule has 0 saturated heterocycles. The maximum absolute atomic E-state index is 11.4. The molecule has 1 aliphatic carbocycles. The molecule has 0 unspecified atom stereocenters. The minimum atomic E-state index is -0.0847. The number of carbonyl (C=O) groups excluding carboxylic acids is 1. The van der Waals surface area contributed by atoms with Crippen LogP contribution < -0.4 is 10.6 Å². The van der Waals surface area contributed by atoms with Crippen LogP contribution in [-0.2, 0) is 4.79 Å². The molecule has 0 bridgehead atoms. The van der Waals surface area contributed by atoms with Gasteiger partial charge in [-0.25, -0.2) is 9.97 Å². The Balaban J connectivity index is 1.79.